The quantitative estimate of drug-likeness (QED) is 0.506. The molecule has 0 aliphatic rings. The second kappa shape index (κ2) is 8.33. The molecule has 0 aromatic heterocycles. The summed E-state index contributed by atoms with van der Waals surface area (Å²) in [4.78, 5) is 10.8. The molecule has 72 valence electrons. The van der Waals surface area contributed by atoms with Crippen LogP contribution in [0.5, 0.6) is 0 Å². The predicted molar refractivity (Wildman–Crippen MR) is 50.2 cm³/mol. The topological polar surface area (TPSA) is 53.2 Å². The van der Waals surface area contributed by atoms with Crippen molar-refractivity contribution in [3.63, 3.8) is 0 Å². The van der Waals surface area contributed by atoms with Gasteiger partial charge in [-0.15, -0.1) is 0 Å². The Bertz CT molecular complexity index is 117. The van der Waals surface area contributed by atoms with Gasteiger partial charge in [0.15, 0.2) is 0 Å². The standard InChI is InChI=1S/C8H19N3O/c1-3-9-6-5-7-11-8(12)10-4-2/h9H,3-7H2,1-2H3,(H2,10,11,12). The Morgan fingerprint density at radius 1 is 1.08 bits per heavy atom. The first-order chi connectivity index (χ1) is 5.81. The maximum atomic E-state index is 10.8. The lowest BCUT2D eigenvalue weighted by molar-refractivity contribution is 0.241. The van der Waals surface area contributed by atoms with E-state index in [1.165, 1.54) is 0 Å². The molecule has 0 rings (SSSR count). The minimum atomic E-state index is -0.0750. The molecule has 0 aromatic carbocycles. The number of hydrogen-bond acceptors (Lipinski definition) is 2. The third kappa shape index (κ3) is 7.34. The average molecular weight is 173 g/mol. The second-order valence-electron chi connectivity index (χ2n) is 2.49. The zero-order valence-electron chi connectivity index (χ0n) is 7.94. The summed E-state index contributed by atoms with van der Waals surface area (Å²) in [6.07, 6.45) is 0.977. The van der Waals surface area contributed by atoms with E-state index in [4.69, 9.17) is 0 Å². The van der Waals surface area contributed by atoms with Crippen LogP contribution >= 0.6 is 0 Å². The first-order valence-electron chi connectivity index (χ1n) is 4.53. The van der Waals surface area contributed by atoms with Crippen LogP contribution in [0.4, 0.5) is 4.79 Å². The Hall–Kier alpha value is -0.770. The van der Waals surface area contributed by atoms with Crippen LogP contribution in [0.25, 0.3) is 0 Å². The molecular weight excluding hydrogens is 154 g/mol. The van der Waals surface area contributed by atoms with Gasteiger partial charge in [0.1, 0.15) is 0 Å². The molecule has 0 radical (unpaired) electrons. The molecule has 0 fully saturated rings. The number of amides is 2. The van der Waals surface area contributed by atoms with E-state index in [1.54, 1.807) is 0 Å². The van der Waals surface area contributed by atoms with Crippen molar-refractivity contribution in [3.05, 3.63) is 0 Å². The zero-order valence-corrected chi connectivity index (χ0v) is 7.94. The van der Waals surface area contributed by atoms with Gasteiger partial charge >= 0.3 is 6.03 Å². The summed E-state index contributed by atoms with van der Waals surface area (Å²) in [6.45, 7) is 7.33. The van der Waals surface area contributed by atoms with E-state index in [0.29, 0.717) is 6.54 Å². The van der Waals surface area contributed by atoms with Crippen LogP contribution in [-0.4, -0.2) is 32.2 Å². The SMILES string of the molecule is CCNCCCNC(=O)NCC. The molecule has 0 aromatic rings. The van der Waals surface area contributed by atoms with E-state index >= 15 is 0 Å². The van der Waals surface area contributed by atoms with Gasteiger partial charge in [-0.1, -0.05) is 6.92 Å². The summed E-state index contributed by atoms with van der Waals surface area (Å²) in [5.41, 5.74) is 0. The number of hydrogen-bond donors (Lipinski definition) is 3. The summed E-state index contributed by atoms with van der Waals surface area (Å²) in [5.74, 6) is 0. The van der Waals surface area contributed by atoms with Crippen molar-refractivity contribution >= 4 is 6.03 Å². The van der Waals surface area contributed by atoms with Crippen molar-refractivity contribution in [2.24, 2.45) is 0 Å². The third-order valence-corrected chi connectivity index (χ3v) is 1.40. The summed E-state index contributed by atoms with van der Waals surface area (Å²) in [6, 6.07) is -0.0750. The van der Waals surface area contributed by atoms with Crippen LogP contribution in [0.3, 0.4) is 0 Å². The average Bonchev–Trinajstić information content (AvgIpc) is 2.05. The van der Waals surface area contributed by atoms with E-state index in [1.807, 2.05) is 6.92 Å². The van der Waals surface area contributed by atoms with E-state index in [-0.39, 0.29) is 6.03 Å². The molecule has 0 atom stereocenters. The summed E-state index contributed by atoms with van der Waals surface area (Å²) < 4.78 is 0. The second-order valence-corrected chi connectivity index (χ2v) is 2.49. The monoisotopic (exact) mass is 173 g/mol. The molecule has 12 heavy (non-hydrogen) atoms. The predicted octanol–water partition coefficient (Wildman–Crippen LogP) is 0.305. The maximum Gasteiger partial charge on any atom is 0.314 e. The van der Waals surface area contributed by atoms with Crippen LogP contribution in [0, 0.1) is 0 Å². The van der Waals surface area contributed by atoms with Crippen molar-refractivity contribution in [1.82, 2.24) is 16.0 Å². The van der Waals surface area contributed by atoms with Gasteiger partial charge in [-0.25, -0.2) is 4.79 Å². The molecule has 0 aliphatic heterocycles. The van der Waals surface area contributed by atoms with E-state index < -0.39 is 0 Å². The van der Waals surface area contributed by atoms with Crippen molar-refractivity contribution in [2.75, 3.05) is 26.2 Å². The van der Waals surface area contributed by atoms with Crippen molar-refractivity contribution < 1.29 is 4.79 Å². The van der Waals surface area contributed by atoms with Crippen LogP contribution in [0.15, 0.2) is 0 Å². The van der Waals surface area contributed by atoms with Crippen LogP contribution in [-0.2, 0) is 0 Å². The van der Waals surface area contributed by atoms with E-state index in [9.17, 15) is 4.79 Å². The maximum absolute atomic E-state index is 10.8. The summed E-state index contributed by atoms with van der Waals surface area (Å²) >= 11 is 0. The lowest BCUT2D eigenvalue weighted by Crippen LogP contribution is -2.36. The van der Waals surface area contributed by atoms with Gasteiger partial charge in [0.2, 0.25) is 0 Å². The first kappa shape index (κ1) is 11.2. The molecule has 2 amide bonds. The van der Waals surface area contributed by atoms with Gasteiger partial charge in [-0.3, -0.25) is 0 Å². The van der Waals surface area contributed by atoms with Gasteiger partial charge in [-0.2, -0.15) is 0 Å². The molecule has 0 heterocycles. The third-order valence-electron chi connectivity index (χ3n) is 1.40. The van der Waals surface area contributed by atoms with Crippen molar-refractivity contribution in [3.8, 4) is 0 Å². The van der Waals surface area contributed by atoms with Crippen LogP contribution in [0.2, 0.25) is 0 Å². The highest BCUT2D eigenvalue weighted by atomic mass is 16.2. The molecule has 4 heteroatoms. The fraction of sp³-hybridized carbons (Fsp3) is 0.875. The van der Waals surface area contributed by atoms with E-state index in [0.717, 1.165) is 26.1 Å². The molecule has 0 spiro atoms. The zero-order chi connectivity index (χ0) is 9.23. The van der Waals surface area contributed by atoms with Gasteiger partial charge in [0.05, 0.1) is 0 Å². The Labute approximate surface area is 74.1 Å². The molecule has 0 bridgehead atoms. The fourth-order valence-corrected chi connectivity index (χ4v) is 0.815. The molecule has 0 saturated heterocycles. The minimum Gasteiger partial charge on any atom is -0.338 e. The van der Waals surface area contributed by atoms with Crippen LogP contribution in [0.1, 0.15) is 20.3 Å². The van der Waals surface area contributed by atoms with E-state index in [2.05, 4.69) is 22.9 Å². The molecule has 0 unspecified atom stereocenters. The fourth-order valence-electron chi connectivity index (χ4n) is 0.815. The Morgan fingerprint density at radius 2 is 1.83 bits per heavy atom. The Kier molecular flexibility index (Phi) is 7.79. The molecule has 4 nitrogen and oxygen atoms in total. The van der Waals surface area contributed by atoms with Gasteiger partial charge in [-0.05, 0) is 26.4 Å². The largest absolute Gasteiger partial charge is 0.338 e. The highest BCUT2D eigenvalue weighted by molar-refractivity contribution is 5.73. The summed E-state index contributed by atoms with van der Waals surface area (Å²) in [7, 11) is 0. The number of rotatable bonds is 6. The lowest BCUT2D eigenvalue weighted by atomic mass is 10.4. The minimum absolute atomic E-state index is 0.0750. The molecular formula is C8H19N3O. The summed E-state index contributed by atoms with van der Waals surface area (Å²) in [5, 5.41) is 8.60. The van der Waals surface area contributed by atoms with Crippen molar-refractivity contribution in [2.45, 2.75) is 20.3 Å². The first-order valence-corrected chi connectivity index (χ1v) is 4.53. The Morgan fingerprint density at radius 3 is 2.42 bits per heavy atom. The number of carbonyl (C=O) groups is 1. The molecule has 3 N–H and O–H groups in total. The number of urea groups is 1. The van der Waals surface area contributed by atoms with Gasteiger partial charge in [0, 0.05) is 13.1 Å². The number of nitrogens with one attached hydrogen (secondary N) is 3. The molecule has 0 saturated carbocycles. The molecule has 0 aliphatic carbocycles. The van der Waals surface area contributed by atoms with Crippen LogP contribution < -0.4 is 16.0 Å². The lowest BCUT2D eigenvalue weighted by Gasteiger charge is -2.05. The van der Waals surface area contributed by atoms with Gasteiger partial charge < -0.3 is 16.0 Å². The smallest absolute Gasteiger partial charge is 0.314 e. The number of carbonyl (C=O) groups excluding carboxylic acids is 1. The normalized spacial score (nSPS) is 9.50. The highest BCUT2D eigenvalue weighted by Gasteiger charge is 1.94. The Balaban J connectivity index is 3.03. The van der Waals surface area contributed by atoms with Gasteiger partial charge in [0.25, 0.3) is 0 Å². The highest BCUT2D eigenvalue weighted by Crippen LogP contribution is 1.73. The van der Waals surface area contributed by atoms with Crippen molar-refractivity contribution in [1.29, 1.82) is 0 Å².